The van der Waals surface area contributed by atoms with Crippen LogP contribution in [0.25, 0.3) is 0 Å². The Kier molecular flexibility index (Phi) is 5.48. The van der Waals surface area contributed by atoms with Crippen molar-refractivity contribution in [2.75, 3.05) is 19.6 Å². The topological polar surface area (TPSA) is 60.9 Å². The molecule has 2 amide bonds. The zero-order valence-corrected chi connectivity index (χ0v) is 13.3. The van der Waals surface area contributed by atoms with Gasteiger partial charge in [0, 0.05) is 32.1 Å². The second-order valence-corrected chi connectivity index (χ2v) is 6.92. The van der Waals surface area contributed by atoms with Crippen molar-refractivity contribution in [1.82, 2.24) is 9.80 Å². The maximum Gasteiger partial charge on any atom is 0.320 e. The Labute approximate surface area is 127 Å². The van der Waals surface area contributed by atoms with E-state index in [2.05, 4.69) is 18.7 Å². The normalized spacial score (nSPS) is 19.9. The Morgan fingerprint density at radius 2 is 1.81 bits per heavy atom. The van der Waals surface area contributed by atoms with Crippen LogP contribution in [-0.4, -0.2) is 52.6 Å². The van der Waals surface area contributed by atoms with Crippen molar-refractivity contribution in [3.8, 4) is 0 Å². The molecule has 0 radical (unpaired) electrons. The van der Waals surface area contributed by atoms with Crippen molar-refractivity contribution < 1.29 is 14.7 Å². The third kappa shape index (κ3) is 4.90. The third-order valence-corrected chi connectivity index (χ3v) is 4.53. The summed E-state index contributed by atoms with van der Waals surface area (Å²) in [5.41, 5.74) is 0. The lowest BCUT2D eigenvalue weighted by atomic mass is 9.94. The molecule has 120 valence electrons. The van der Waals surface area contributed by atoms with Gasteiger partial charge in [-0.3, -0.25) is 4.79 Å². The van der Waals surface area contributed by atoms with Crippen molar-refractivity contribution in [2.45, 2.75) is 58.4 Å². The van der Waals surface area contributed by atoms with E-state index in [-0.39, 0.29) is 18.4 Å². The fourth-order valence-corrected chi connectivity index (χ4v) is 2.97. The summed E-state index contributed by atoms with van der Waals surface area (Å²) in [5, 5.41) is 8.84. The SMILES string of the molecule is CC(C)CCN(C(=O)N1CCC(CC(=O)O)CC1)C1CC1. The van der Waals surface area contributed by atoms with Gasteiger partial charge in [0.05, 0.1) is 0 Å². The maximum absolute atomic E-state index is 12.7. The van der Waals surface area contributed by atoms with E-state index < -0.39 is 5.97 Å². The van der Waals surface area contributed by atoms with Crippen molar-refractivity contribution >= 4 is 12.0 Å². The minimum atomic E-state index is -0.726. The first kappa shape index (κ1) is 16.1. The number of piperidine rings is 1. The summed E-state index contributed by atoms with van der Waals surface area (Å²) in [7, 11) is 0. The number of carbonyl (C=O) groups is 2. The molecule has 2 rings (SSSR count). The fourth-order valence-electron chi connectivity index (χ4n) is 2.97. The first-order valence-corrected chi connectivity index (χ1v) is 8.24. The Morgan fingerprint density at radius 1 is 1.19 bits per heavy atom. The maximum atomic E-state index is 12.7. The van der Waals surface area contributed by atoms with Gasteiger partial charge in [-0.1, -0.05) is 13.8 Å². The molecule has 21 heavy (non-hydrogen) atoms. The smallest absolute Gasteiger partial charge is 0.320 e. The summed E-state index contributed by atoms with van der Waals surface area (Å²) in [6, 6.07) is 0.625. The number of aliphatic carboxylic acids is 1. The number of hydrogen-bond acceptors (Lipinski definition) is 2. The second kappa shape index (κ2) is 7.14. The molecule has 1 aliphatic heterocycles. The Morgan fingerprint density at radius 3 is 2.29 bits per heavy atom. The number of amides is 2. The van der Waals surface area contributed by atoms with Crippen LogP contribution in [0.2, 0.25) is 0 Å². The van der Waals surface area contributed by atoms with Crippen molar-refractivity contribution in [3.05, 3.63) is 0 Å². The molecule has 5 nitrogen and oxygen atoms in total. The molecule has 0 aromatic carbocycles. The van der Waals surface area contributed by atoms with Gasteiger partial charge < -0.3 is 14.9 Å². The fraction of sp³-hybridized carbons (Fsp3) is 0.875. The number of likely N-dealkylation sites (tertiary alicyclic amines) is 1. The van der Waals surface area contributed by atoms with Crippen LogP contribution >= 0.6 is 0 Å². The minimum absolute atomic E-state index is 0.173. The van der Waals surface area contributed by atoms with E-state index in [1.54, 1.807) is 0 Å². The minimum Gasteiger partial charge on any atom is -0.481 e. The molecule has 0 spiro atoms. The quantitative estimate of drug-likeness (QED) is 0.820. The van der Waals surface area contributed by atoms with Gasteiger partial charge >= 0.3 is 12.0 Å². The number of carbonyl (C=O) groups excluding carboxylic acids is 1. The molecule has 0 aromatic rings. The van der Waals surface area contributed by atoms with Crippen LogP contribution in [0.1, 0.15) is 52.4 Å². The molecule has 1 saturated carbocycles. The highest BCUT2D eigenvalue weighted by Gasteiger charge is 2.35. The first-order valence-electron chi connectivity index (χ1n) is 8.24. The summed E-state index contributed by atoms with van der Waals surface area (Å²) < 4.78 is 0. The standard InChI is InChI=1S/C16H28N2O3/c1-12(2)5-10-18(14-3-4-14)16(21)17-8-6-13(7-9-17)11-15(19)20/h12-14H,3-11H2,1-2H3,(H,19,20). The van der Waals surface area contributed by atoms with Gasteiger partial charge in [-0.15, -0.1) is 0 Å². The highest BCUT2D eigenvalue weighted by Crippen LogP contribution is 2.30. The summed E-state index contributed by atoms with van der Waals surface area (Å²) in [4.78, 5) is 27.4. The zero-order chi connectivity index (χ0) is 15.4. The highest BCUT2D eigenvalue weighted by atomic mass is 16.4. The predicted molar refractivity (Wildman–Crippen MR) is 81.1 cm³/mol. The van der Waals surface area contributed by atoms with Crippen LogP contribution in [0, 0.1) is 11.8 Å². The molecular formula is C16H28N2O3. The van der Waals surface area contributed by atoms with Gasteiger partial charge in [0.1, 0.15) is 0 Å². The number of nitrogens with zero attached hydrogens (tertiary/aromatic N) is 2. The van der Waals surface area contributed by atoms with Gasteiger partial charge in [-0.05, 0) is 43.9 Å². The third-order valence-electron chi connectivity index (χ3n) is 4.53. The van der Waals surface area contributed by atoms with E-state index in [4.69, 9.17) is 5.11 Å². The van der Waals surface area contributed by atoms with Gasteiger partial charge in [0.25, 0.3) is 0 Å². The number of carboxylic acids is 1. The Balaban J connectivity index is 1.82. The van der Waals surface area contributed by atoms with Gasteiger partial charge in [-0.2, -0.15) is 0 Å². The lowest BCUT2D eigenvalue weighted by molar-refractivity contribution is -0.138. The molecule has 1 aliphatic carbocycles. The van der Waals surface area contributed by atoms with Crippen molar-refractivity contribution in [3.63, 3.8) is 0 Å². The van der Waals surface area contributed by atoms with Crippen LogP contribution in [0.15, 0.2) is 0 Å². The van der Waals surface area contributed by atoms with E-state index >= 15 is 0 Å². The number of carboxylic acid groups (broad SMARTS) is 1. The van der Waals surface area contributed by atoms with Gasteiger partial charge in [-0.25, -0.2) is 4.79 Å². The molecule has 0 unspecified atom stereocenters. The van der Waals surface area contributed by atoms with Crippen LogP contribution in [-0.2, 0) is 4.79 Å². The molecule has 2 fully saturated rings. The van der Waals surface area contributed by atoms with Crippen LogP contribution in [0.4, 0.5) is 4.79 Å². The predicted octanol–water partition coefficient (Wildman–Crippen LogP) is 2.80. The van der Waals surface area contributed by atoms with Crippen LogP contribution in [0.3, 0.4) is 0 Å². The molecule has 1 N–H and O–H groups in total. The van der Waals surface area contributed by atoms with Crippen LogP contribution < -0.4 is 0 Å². The molecule has 1 saturated heterocycles. The Hall–Kier alpha value is -1.26. The largest absolute Gasteiger partial charge is 0.481 e. The summed E-state index contributed by atoms with van der Waals surface area (Å²) >= 11 is 0. The Bertz CT molecular complexity index is 372. The molecule has 1 heterocycles. The second-order valence-electron chi connectivity index (χ2n) is 6.92. The molecular weight excluding hydrogens is 268 g/mol. The first-order chi connectivity index (χ1) is 9.97. The number of hydrogen-bond donors (Lipinski definition) is 1. The lowest BCUT2D eigenvalue weighted by Gasteiger charge is -2.36. The number of urea groups is 1. The van der Waals surface area contributed by atoms with E-state index in [0.717, 1.165) is 38.6 Å². The van der Waals surface area contributed by atoms with E-state index in [0.29, 0.717) is 25.0 Å². The molecule has 0 aromatic heterocycles. The van der Waals surface area contributed by atoms with Crippen LogP contribution in [0.5, 0.6) is 0 Å². The average Bonchev–Trinajstić information content (AvgIpc) is 3.23. The van der Waals surface area contributed by atoms with Gasteiger partial charge in [0.2, 0.25) is 0 Å². The molecule has 2 aliphatic rings. The van der Waals surface area contributed by atoms with E-state index in [9.17, 15) is 9.59 Å². The van der Waals surface area contributed by atoms with Crippen molar-refractivity contribution in [2.24, 2.45) is 11.8 Å². The lowest BCUT2D eigenvalue weighted by Crippen LogP contribution is -2.48. The van der Waals surface area contributed by atoms with Gasteiger partial charge in [0.15, 0.2) is 0 Å². The van der Waals surface area contributed by atoms with E-state index in [1.807, 2.05) is 4.90 Å². The zero-order valence-electron chi connectivity index (χ0n) is 13.3. The number of rotatable bonds is 6. The highest BCUT2D eigenvalue weighted by molar-refractivity contribution is 5.75. The monoisotopic (exact) mass is 296 g/mol. The average molecular weight is 296 g/mol. The molecule has 0 atom stereocenters. The van der Waals surface area contributed by atoms with Crippen molar-refractivity contribution in [1.29, 1.82) is 0 Å². The summed E-state index contributed by atoms with van der Waals surface area (Å²) in [5.74, 6) is 0.119. The van der Waals surface area contributed by atoms with E-state index in [1.165, 1.54) is 0 Å². The summed E-state index contributed by atoms with van der Waals surface area (Å²) in [6.07, 6.45) is 5.21. The summed E-state index contributed by atoms with van der Waals surface area (Å²) in [6.45, 7) is 6.65. The molecule has 0 bridgehead atoms. The molecule has 5 heteroatoms.